The van der Waals surface area contributed by atoms with E-state index in [4.69, 9.17) is 29.7 Å². The number of aromatic nitrogens is 6. The lowest BCUT2D eigenvalue weighted by molar-refractivity contribution is 0.00578. The zero-order valence-electron chi connectivity index (χ0n) is 21.7. The quantitative estimate of drug-likeness (QED) is 0.550. The first-order valence-corrected chi connectivity index (χ1v) is 15.0. The Bertz CT molecular complexity index is 1210. The Morgan fingerprint density at radius 3 is 1.58 bits per heavy atom. The van der Waals surface area contributed by atoms with Gasteiger partial charge in [0.15, 0.2) is 11.6 Å². The van der Waals surface area contributed by atoms with Crippen molar-refractivity contribution in [2.24, 2.45) is 0 Å². The summed E-state index contributed by atoms with van der Waals surface area (Å²) in [6.07, 6.45) is 0. The molecule has 3 aromatic rings. The van der Waals surface area contributed by atoms with E-state index < -0.39 is 26.4 Å². The summed E-state index contributed by atoms with van der Waals surface area (Å²) in [5.41, 5.74) is 3.79. The van der Waals surface area contributed by atoms with Crippen LogP contribution in [0.15, 0.2) is 12.1 Å². The first-order chi connectivity index (χ1) is 15.1. The number of nitrogens with zero attached hydrogens (tertiary/aromatic N) is 6. The maximum absolute atomic E-state index is 6.58. The normalized spacial score (nSPS) is 17.7. The molecule has 4 rings (SSSR count). The van der Waals surface area contributed by atoms with Gasteiger partial charge in [0.05, 0.1) is 30.7 Å². The summed E-state index contributed by atoms with van der Waals surface area (Å²) < 4.78 is 16.9. The van der Waals surface area contributed by atoms with Gasteiger partial charge in [-0.15, -0.1) is 10.2 Å². The Morgan fingerprint density at radius 2 is 1.18 bits per heavy atom. The molecule has 3 aromatic heterocycles. The second-order valence-electron chi connectivity index (χ2n) is 11.2. The van der Waals surface area contributed by atoms with Crippen LogP contribution in [0.4, 0.5) is 0 Å². The summed E-state index contributed by atoms with van der Waals surface area (Å²) in [5.74, 6) is 1.40. The maximum Gasteiger partial charge on any atom is 0.498 e. The topological polar surface area (TPSA) is 79.9 Å². The molecule has 0 bridgehead atoms. The molecular formula is C23H35BN6O2Si. The van der Waals surface area contributed by atoms with Crippen LogP contribution in [0.2, 0.25) is 19.6 Å². The van der Waals surface area contributed by atoms with Crippen LogP contribution < -0.4 is 10.6 Å². The van der Waals surface area contributed by atoms with Crippen molar-refractivity contribution in [3.63, 3.8) is 0 Å². The van der Waals surface area contributed by atoms with Crippen molar-refractivity contribution in [1.82, 2.24) is 29.8 Å². The van der Waals surface area contributed by atoms with Crippen LogP contribution in [-0.4, -0.2) is 56.2 Å². The SMILES string of the molecule is Cc1cc(C)n(-c2nnc(-n3nc(C)cc3C)c([Si](C)(C)C)c2B2OC(C)(C)C(C)(C)O2)n1. The molecule has 0 spiro atoms. The van der Waals surface area contributed by atoms with Gasteiger partial charge in [0.1, 0.15) is 0 Å². The zero-order chi connectivity index (χ0) is 24.5. The number of rotatable bonds is 4. The molecule has 1 saturated heterocycles. The van der Waals surface area contributed by atoms with Crippen molar-refractivity contribution < 1.29 is 9.31 Å². The molecule has 4 heterocycles. The fourth-order valence-electron chi connectivity index (χ4n) is 4.35. The van der Waals surface area contributed by atoms with Crippen LogP contribution in [-0.2, 0) is 9.31 Å². The van der Waals surface area contributed by atoms with Crippen molar-refractivity contribution in [2.75, 3.05) is 0 Å². The van der Waals surface area contributed by atoms with Crippen molar-refractivity contribution >= 4 is 25.8 Å². The average Bonchev–Trinajstić information content (AvgIpc) is 3.25. The molecule has 1 fully saturated rings. The average molecular weight is 466 g/mol. The van der Waals surface area contributed by atoms with Crippen molar-refractivity contribution in [1.29, 1.82) is 0 Å². The third-order valence-electron chi connectivity index (χ3n) is 6.63. The van der Waals surface area contributed by atoms with E-state index >= 15 is 0 Å². The van der Waals surface area contributed by atoms with Crippen molar-refractivity contribution in [3.05, 3.63) is 34.9 Å². The van der Waals surface area contributed by atoms with Crippen molar-refractivity contribution in [2.45, 2.75) is 86.2 Å². The highest BCUT2D eigenvalue weighted by Gasteiger charge is 2.54. The third-order valence-corrected chi connectivity index (χ3v) is 8.63. The smallest absolute Gasteiger partial charge is 0.399 e. The van der Waals surface area contributed by atoms with Crippen LogP contribution in [0.3, 0.4) is 0 Å². The summed E-state index contributed by atoms with van der Waals surface area (Å²) >= 11 is 0. The highest BCUT2D eigenvalue weighted by Crippen LogP contribution is 2.37. The molecule has 1 aliphatic rings. The summed E-state index contributed by atoms with van der Waals surface area (Å²) in [5, 5.41) is 20.0. The van der Waals surface area contributed by atoms with E-state index in [9.17, 15) is 0 Å². The van der Waals surface area contributed by atoms with Gasteiger partial charge in [-0.1, -0.05) is 19.6 Å². The molecule has 0 saturated carbocycles. The molecule has 0 unspecified atom stereocenters. The number of hydrogen-bond donors (Lipinski definition) is 0. The molecule has 176 valence electrons. The second kappa shape index (κ2) is 7.61. The Kier molecular flexibility index (Phi) is 5.50. The number of aryl methyl sites for hydroxylation is 4. The van der Waals surface area contributed by atoms with Gasteiger partial charge < -0.3 is 9.31 Å². The maximum atomic E-state index is 6.58. The zero-order valence-corrected chi connectivity index (χ0v) is 22.7. The highest BCUT2D eigenvalue weighted by atomic mass is 28.3. The molecule has 33 heavy (non-hydrogen) atoms. The lowest BCUT2D eigenvalue weighted by Gasteiger charge is -2.32. The lowest BCUT2D eigenvalue weighted by atomic mass is 9.79. The van der Waals surface area contributed by atoms with Gasteiger partial charge in [-0.05, 0) is 72.7 Å². The molecule has 0 aliphatic carbocycles. The van der Waals surface area contributed by atoms with Gasteiger partial charge in [0, 0.05) is 16.9 Å². The minimum absolute atomic E-state index is 0.484. The van der Waals surface area contributed by atoms with Gasteiger partial charge in [0.2, 0.25) is 0 Å². The first-order valence-electron chi connectivity index (χ1n) is 11.5. The van der Waals surface area contributed by atoms with E-state index in [-0.39, 0.29) is 0 Å². The van der Waals surface area contributed by atoms with E-state index in [2.05, 4.69) is 53.4 Å². The molecule has 0 amide bonds. The van der Waals surface area contributed by atoms with Gasteiger partial charge in [-0.2, -0.15) is 10.2 Å². The molecule has 0 N–H and O–H groups in total. The van der Waals surface area contributed by atoms with E-state index in [0.717, 1.165) is 39.2 Å². The van der Waals surface area contributed by atoms with Crippen LogP contribution in [0.1, 0.15) is 50.5 Å². The van der Waals surface area contributed by atoms with E-state index in [1.807, 2.05) is 43.1 Å². The van der Waals surface area contributed by atoms with Gasteiger partial charge >= 0.3 is 7.12 Å². The largest absolute Gasteiger partial charge is 0.498 e. The minimum Gasteiger partial charge on any atom is -0.399 e. The van der Waals surface area contributed by atoms with Crippen molar-refractivity contribution in [3.8, 4) is 11.6 Å². The molecule has 8 nitrogen and oxygen atoms in total. The molecular weight excluding hydrogens is 431 g/mol. The molecule has 1 aliphatic heterocycles. The van der Waals surface area contributed by atoms with Crippen LogP contribution >= 0.6 is 0 Å². The Labute approximate surface area is 197 Å². The Morgan fingerprint density at radius 1 is 0.758 bits per heavy atom. The molecule has 0 aromatic carbocycles. The predicted molar refractivity (Wildman–Crippen MR) is 134 cm³/mol. The fraction of sp³-hybridized carbons (Fsp3) is 0.565. The monoisotopic (exact) mass is 466 g/mol. The third kappa shape index (κ3) is 3.98. The fourth-order valence-corrected chi connectivity index (χ4v) is 6.21. The van der Waals surface area contributed by atoms with Crippen LogP contribution in [0.5, 0.6) is 0 Å². The second-order valence-corrected chi connectivity index (χ2v) is 16.2. The summed E-state index contributed by atoms with van der Waals surface area (Å²) in [6, 6.07) is 4.10. The minimum atomic E-state index is -2.02. The standard InChI is InChI=1S/C23H35BN6O2Si/c1-14-12-16(3)29(27-14)20-18(24-31-22(5,6)23(7,8)32-24)19(33(9,10)11)21(26-25-20)30-17(4)13-15(2)28-30/h12-13H,1-11H3. The highest BCUT2D eigenvalue weighted by molar-refractivity contribution is 6.93. The summed E-state index contributed by atoms with van der Waals surface area (Å²) in [7, 11) is -2.61. The van der Waals surface area contributed by atoms with Gasteiger partial charge in [-0.25, -0.2) is 9.36 Å². The summed E-state index contributed by atoms with van der Waals surface area (Å²) in [6.45, 7) is 23.2. The lowest BCUT2D eigenvalue weighted by Crippen LogP contribution is -2.58. The first kappa shape index (κ1) is 23.8. The Balaban J connectivity index is 2.08. The van der Waals surface area contributed by atoms with E-state index in [0.29, 0.717) is 5.82 Å². The van der Waals surface area contributed by atoms with E-state index in [1.54, 1.807) is 0 Å². The van der Waals surface area contributed by atoms with Gasteiger partial charge in [-0.3, -0.25) is 0 Å². The summed E-state index contributed by atoms with van der Waals surface area (Å²) in [4.78, 5) is 0. The Hall–Kier alpha value is -2.30. The number of hydrogen-bond acceptors (Lipinski definition) is 6. The molecule has 0 atom stereocenters. The molecule has 10 heteroatoms. The van der Waals surface area contributed by atoms with Crippen LogP contribution in [0.25, 0.3) is 11.6 Å². The van der Waals surface area contributed by atoms with Crippen LogP contribution in [0, 0.1) is 27.7 Å². The predicted octanol–water partition coefficient (Wildman–Crippen LogP) is 2.93. The van der Waals surface area contributed by atoms with Gasteiger partial charge in [0.25, 0.3) is 0 Å². The molecule has 0 radical (unpaired) electrons. The van der Waals surface area contributed by atoms with E-state index in [1.165, 1.54) is 0 Å².